The SMILES string of the molecule is c1ccc(-c2nc(-c3ccccc3)nc(-c3ccc(-n4c5ccccc5c5c(-c6cccc7c6sc6ccccc67)cccc54)c(-c4nc5ccccc5s4)c3)n2)cc1. The zero-order valence-electron chi connectivity index (χ0n) is 31.5. The summed E-state index contributed by atoms with van der Waals surface area (Å²) >= 11 is 3.57. The molecule has 0 radical (unpaired) electrons. The molecule has 0 saturated heterocycles. The Balaban J connectivity index is 1.12. The maximum absolute atomic E-state index is 5.25. The van der Waals surface area contributed by atoms with E-state index in [0.717, 1.165) is 54.2 Å². The molecule has 0 aliphatic heterocycles. The van der Waals surface area contributed by atoms with Gasteiger partial charge in [0.25, 0.3) is 0 Å². The Morgan fingerprint density at radius 3 is 1.73 bits per heavy atom. The van der Waals surface area contributed by atoms with E-state index in [1.54, 1.807) is 11.3 Å². The molecule has 12 rings (SSSR count). The highest BCUT2D eigenvalue weighted by atomic mass is 32.1. The lowest BCUT2D eigenvalue weighted by Gasteiger charge is -2.15. The summed E-state index contributed by atoms with van der Waals surface area (Å²) in [5.41, 5.74) is 10.5. The maximum Gasteiger partial charge on any atom is 0.164 e. The van der Waals surface area contributed by atoms with E-state index in [0.29, 0.717) is 17.5 Å². The van der Waals surface area contributed by atoms with Crippen molar-refractivity contribution in [3.8, 4) is 61.5 Å². The van der Waals surface area contributed by atoms with Crippen LogP contribution in [0.15, 0.2) is 188 Å². The molecular formula is C52H31N5S2. The van der Waals surface area contributed by atoms with E-state index in [1.165, 1.54) is 42.1 Å². The van der Waals surface area contributed by atoms with Crippen LogP contribution in [-0.4, -0.2) is 24.5 Å². The molecule has 0 saturated carbocycles. The molecule has 7 heteroatoms. The molecule has 59 heavy (non-hydrogen) atoms. The lowest BCUT2D eigenvalue weighted by atomic mass is 9.98. The number of benzene rings is 8. The van der Waals surface area contributed by atoms with Gasteiger partial charge in [-0.25, -0.2) is 19.9 Å². The minimum Gasteiger partial charge on any atom is -0.309 e. The van der Waals surface area contributed by atoms with Gasteiger partial charge in [0.1, 0.15) is 5.01 Å². The zero-order chi connectivity index (χ0) is 38.9. The van der Waals surface area contributed by atoms with Gasteiger partial charge in [-0.3, -0.25) is 0 Å². The second-order valence-electron chi connectivity index (χ2n) is 14.6. The number of fused-ring (bicyclic) bond motifs is 7. The van der Waals surface area contributed by atoms with Crippen molar-refractivity contribution in [3.05, 3.63) is 188 Å². The van der Waals surface area contributed by atoms with Gasteiger partial charge in [-0.1, -0.05) is 140 Å². The van der Waals surface area contributed by atoms with E-state index in [1.807, 2.05) is 72.0 Å². The molecular weight excluding hydrogens is 759 g/mol. The Kier molecular flexibility index (Phi) is 7.82. The number of hydrogen-bond donors (Lipinski definition) is 0. The van der Waals surface area contributed by atoms with Crippen LogP contribution in [0.4, 0.5) is 0 Å². The van der Waals surface area contributed by atoms with Gasteiger partial charge in [0, 0.05) is 58.8 Å². The van der Waals surface area contributed by atoms with Gasteiger partial charge < -0.3 is 4.57 Å². The van der Waals surface area contributed by atoms with Gasteiger partial charge in [-0.15, -0.1) is 22.7 Å². The standard InChI is InChI=1S/C52H31N5S2/c1-3-15-32(16-4-1)49-54-50(33-17-5-2-6-18-33)56-51(55-49)34-29-30-43(40(31-34)52-53-41-24-9-12-28-46(41)59-52)57-42-25-10-7-20-39(42)47-36(21-14-26-44(47)57)38-23-13-22-37-35-19-8-11-27-45(35)58-48(37)38/h1-31H. The third-order valence-corrected chi connectivity index (χ3v) is 13.4. The molecule has 12 aromatic rings. The van der Waals surface area contributed by atoms with E-state index in [4.69, 9.17) is 19.9 Å². The minimum atomic E-state index is 0.604. The summed E-state index contributed by atoms with van der Waals surface area (Å²) in [5.74, 6) is 1.86. The third-order valence-electron chi connectivity index (χ3n) is 11.1. The van der Waals surface area contributed by atoms with Crippen LogP contribution in [-0.2, 0) is 0 Å². The fourth-order valence-electron chi connectivity index (χ4n) is 8.43. The Hall–Kier alpha value is -7.32. The molecule has 0 atom stereocenters. The van der Waals surface area contributed by atoms with E-state index in [2.05, 4.69) is 132 Å². The second kappa shape index (κ2) is 13.7. The van der Waals surface area contributed by atoms with Gasteiger partial charge in [-0.2, -0.15) is 0 Å². The molecule has 0 aliphatic rings. The smallest absolute Gasteiger partial charge is 0.164 e. The summed E-state index contributed by atoms with van der Waals surface area (Å²) in [7, 11) is 0. The van der Waals surface area contributed by atoms with Gasteiger partial charge in [0.05, 0.1) is 26.9 Å². The predicted octanol–water partition coefficient (Wildman–Crippen LogP) is 14.3. The lowest BCUT2D eigenvalue weighted by Crippen LogP contribution is -2.02. The highest BCUT2D eigenvalue weighted by molar-refractivity contribution is 7.26. The highest BCUT2D eigenvalue weighted by Crippen LogP contribution is 2.46. The summed E-state index contributed by atoms with van der Waals surface area (Å²) < 4.78 is 6.16. The topological polar surface area (TPSA) is 56.5 Å². The summed E-state index contributed by atoms with van der Waals surface area (Å²) in [6.07, 6.45) is 0. The molecule has 0 bridgehead atoms. The average Bonchev–Trinajstić information content (AvgIpc) is 4.01. The maximum atomic E-state index is 5.25. The number of hydrogen-bond acceptors (Lipinski definition) is 6. The van der Waals surface area contributed by atoms with Crippen LogP contribution in [0.25, 0.3) is 114 Å². The van der Waals surface area contributed by atoms with Crippen LogP contribution in [0, 0.1) is 0 Å². The Labute approximate surface area is 347 Å². The third kappa shape index (κ3) is 5.58. The monoisotopic (exact) mass is 789 g/mol. The number of nitrogens with zero attached hydrogens (tertiary/aromatic N) is 5. The van der Waals surface area contributed by atoms with Gasteiger partial charge in [-0.05, 0) is 54.1 Å². The fourth-order valence-corrected chi connectivity index (χ4v) is 10.7. The van der Waals surface area contributed by atoms with Crippen molar-refractivity contribution in [2.75, 3.05) is 0 Å². The first-order valence-electron chi connectivity index (χ1n) is 19.6. The molecule has 0 spiro atoms. The summed E-state index contributed by atoms with van der Waals surface area (Å²) in [6, 6.07) is 66.2. The molecule has 8 aromatic carbocycles. The number of rotatable bonds is 6. The first-order valence-corrected chi connectivity index (χ1v) is 21.2. The number of para-hydroxylation sites is 2. The quantitative estimate of drug-likeness (QED) is 0.168. The first kappa shape index (κ1) is 33.8. The van der Waals surface area contributed by atoms with Crippen LogP contribution in [0.5, 0.6) is 0 Å². The van der Waals surface area contributed by atoms with Crippen molar-refractivity contribution in [2.45, 2.75) is 0 Å². The zero-order valence-corrected chi connectivity index (χ0v) is 33.1. The average molecular weight is 790 g/mol. The fraction of sp³-hybridized carbons (Fsp3) is 0. The van der Waals surface area contributed by atoms with E-state index < -0.39 is 0 Å². The Morgan fingerprint density at radius 1 is 0.373 bits per heavy atom. The number of thiazole rings is 1. The molecule has 0 N–H and O–H groups in total. The van der Waals surface area contributed by atoms with Crippen molar-refractivity contribution in [3.63, 3.8) is 0 Å². The lowest BCUT2D eigenvalue weighted by molar-refractivity contribution is 1.07. The van der Waals surface area contributed by atoms with E-state index in [-0.39, 0.29) is 0 Å². The normalized spacial score (nSPS) is 11.7. The van der Waals surface area contributed by atoms with Gasteiger partial charge in [0.15, 0.2) is 17.5 Å². The first-order chi connectivity index (χ1) is 29.2. The molecule has 4 aromatic heterocycles. The van der Waals surface area contributed by atoms with Crippen LogP contribution in [0.3, 0.4) is 0 Å². The summed E-state index contributed by atoms with van der Waals surface area (Å²) in [5, 5.41) is 5.95. The van der Waals surface area contributed by atoms with Crippen LogP contribution in [0.2, 0.25) is 0 Å². The van der Waals surface area contributed by atoms with Crippen molar-refractivity contribution in [2.24, 2.45) is 0 Å². The van der Waals surface area contributed by atoms with E-state index >= 15 is 0 Å². The van der Waals surface area contributed by atoms with Crippen molar-refractivity contribution >= 4 is 74.9 Å². The Bertz CT molecular complexity index is 3480. The molecule has 0 fully saturated rings. The molecule has 4 heterocycles. The minimum absolute atomic E-state index is 0.604. The van der Waals surface area contributed by atoms with Crippen molar-refractivity contribution in [1.82, 2.24) is 24.5 Å². The highest BCUT2D eigenvalue weighted by Gasteiger charge is 2.23. The molecule has 0 unspecified atom stereocenters. The van der Waals surface area contributed by atoms with Gasteiger partial charge in [0.2, 0.25) is 0 Å². The molecule has 0 amide bonds. The number of thiophene rings is 1. The van der Waals surface area contributed by atoms with Crippen LogP contribution >= 0.6 is 22.7 Å². The molecule has 276 valence electrons. The predicted molar refractivity (Wildman–Crippen MR) is 247 cm³/mol. The van der Waals surface area contributed by atoms with Gasteiger partial charge >= 0.3 is 0 Å². The van der Waals surface area contributed by atoms with Crippen molar-refractivity contribution in [1.29, 1.82) is 0 Å². The summed E-state index contributed by atoms with van der Waals surface area (Å²) in [6.45, 7) is 0. The largest absolute Gasteiger partial charge is 0.309 e. The summed E-state index contributed by atoms with van der Waals surface area (Å²) in [4.78, 5) is 20.4. The Morgan fingerprint density at radius 2 is 0.966 bits per heavy atom. The second-order valence-corrected chi connectivity index (χ2v) is 16.7. The number of aromatic nitrogens is 5. The molecule has 0 aliphatic carbocycles. The van der Waals surface area contributed by atoms with Crippen LogP contribution in [0.1, 0.15) is 0 Å². The molecule has 5 nitrogen and oxygen atoms in total. The van der Waals surface area contributed by atoms with E-state index in [9.17, 15) is 0 Å². The van der Waals surface area contributed by atoms with Crippen LogP contribution < -0.4 is 0 Å². The van der Waals surface area contributed by atoms with Crippen molar-refractivity contribution < 1.29 is 0 Å².